The second-order valence-electron chi connectivity index (χ2n) is 5.64. The summed E-state index contributed by atoms with van der Waals surface area (Å²) in [6, 6.07) is 7.20. The Hall–Kier alpha value is -1.85. The quantitative estimate of drug-likeness (QED) is 0.648. The third kappa shape index (κ3) is 4.86. The van der Waals surface area contributed by atoms with Gasteiger partial charge in [-0.05, 0) is 37.0 Å². The third-order valence-electron chi connectivity index (χ3n) is 3.66. The van der Waals surface area contributed by atoms with Crippen LogP contribution in [0.25, 0.3) is 0 Å². The van der Waals surface area contributed by atoms with Gasteiger partial charge in [0.25, 0.3) is 0 Å². The highest BCUT2D eigenvalue weighted by Gasteiger charge is 2.33. The Morgan fingerprint density at radius 2 is 2.05 bits per heavy atom. The normalized spacial score (nSPS) is 20.9. The summed E-state index contributed by atoms with van der Waals surface area (Å²) >= 11 is 0. The fourth-order valence-corrected chi connectivity index (χ4v) is 2.24. The molecule has 2 atom stereocenters. The van der Waals surface area contributed by atoms with Crippen LogP contribution in [0, 0.1) is 5.92 Å². The van der Waals surface area contributed by atoms with Gasteiger partial charge in [0.2, 0.25) is 0 Å². The predicted molar refractivity (Wildman–Crippen MR) is 83.2 cm³/mol. The molecule has 1 aliphatic rings. The molecule has 0 heterocycles. The first-order valence-electron chi connectivity index (χ1n) is 7.55. The molecule has 0 saturated heterocycles. The maximum Gasteiger partial charge on any atom is 0.387 e. The molecule has 122 valence electrons. The molecule has 4 nitrogen and oxygen atoms in total. The predicted octanol–water partition coefficient (Wildman–Crippen LogP) is 3.09. The van der Waals surface area contributed by atoms with E-state index in [0.29, 0.717) is 18.5 Å². The zero-order valence-electron chi connectivity index (χ0n) is 13.2. The number of aliphatic imine (C=N–C) groups is 1. The summed E-state index contributed by atoms with van der Waals surface area (Å²) in [4.78, 5) is 6.54. The molecule has 0 spiro atoms. The molecule has 1 aromatic carbocycles. The molecule has 0 bridgehead atoms. The van der Waals surface area contributed by atoms with Gasteiger partial charge in [0.15, 0.2) is 5.96 Å². The van der Waals surface area contributed by atoms with E-state index in [-0.39, 0.29) is 5.75 Å². The summed E-state index contributed by atoms with van der Waals surface area (Å²) in [6.45, 7) is 2.80. The highest BCUT2D eigenvalue weighted by atomic mass is 19.3. The van der Waals surface area contributed by atoms with E-state index in [0.717, 1.165) is 18.1 Å². The van der Waals surface area contributed by atoms with Crippen LogP contribution in [0.15, 0.2) is 29.3 Å². The molecule has 1 saturated carbocycles. The molecule has 0 aliphatic heterocycles. The van der Waals surface area contributed by atoms with Crippen molar-refractivity contribution in [2.75, 3.05) is 13.6 Å². The summed E-state index contributed by atoms with van der Waals surface area (Å²) in [5.41, 5.74) is 1.01. The van der Waals surface area contributed by atoms with Gasteiger partial charge >= 0.3 is 6.61 Å². The Bertz CT molecular complexity index is 505. The maximum atomic E-state index is 12.1. The molecular formula is C16H23F2N3O. The number of rotatable bonds is 6. The minimum atomic E-state index is -2.79. The molecule has 1 fully saturated rings. The second-order valence-corrected chi connectivity index (χ2v) is 5.64. The van der Waals surface area contributed by atoms with Crippen LogP contribution < -0.4 is 10.1 Å². The topological polar surface area (TPSA) is 36.9 Å². The molecule has 2 rings (SSSR count). The van der Waals surface area contributed by atoms with Gasteiger partial charge in [-0.15, -0.1) is 0 Å². The van der Waals surface area contributed by atoms with Gasteiger partial charge in [-0.25, -0.2) is 0 Å². The van der Waals surface area contributed by atoms with Crippen molar-refractivity contribution in [2.45, 2.75) is 39.5 Å². The van der Waals surface area contributed by atoms with Crippen molar-refractivity contribution in [3.05, 3.63) is 29.8 Å². The number of alkyl halides is 2. The molecule has 6 heteroatoms. The molecule has 1 N–H and O–H groups in total. The number of halogens is 2. The molecule has 1 aliphatic carbocycles. The van der Waals surface area contributed by atoms with Gasteiger partial charge in [-0.2, -0.15) is 8.78 Å². The largest absolute Gasteiger partial charge is 0.435 e. The summed E-state index contributed by atoms with van der Waals surface area (Å²) in [7, 11) is 1.97. The van der Waals surface area contributed by atoms with Crippen LogP contribution in [0.2, 0.25) is 0 Å². The number of benzene rings is 1. The van der Waals surface area contributed by atoms with E-state index in [1.807, 2.05) is 18.9 Å². The van der Waals surface area contributed by atoms with Crippen LogP contribution in [0.4, 0.5) is 8.78 Å². The Morgan fingerprint density at radius 3 is 2.55 bits per heavy atom. The first kappa shape index (κ1) is 16.5. The number of nitrogens with zero attached hydrogens (tertiary/aromatic N) is 2. The monoisotopic (exact) mass is 311 g/mol. The summed E-state index contributed by atoms with van der Waals surface area (Å²) in [5, 5.41) is 3.45. The number of guanidine groups is 1. The summed E-state index contributed by atoms with van der Waals surface area (Å²) in [5.74, 6) is 1.75. The molecule has 2 unspecified atom stereocenters. The van der Waals surface area contributed by atoms with E-state index in [4.69, 9.17) is 0 Å². The molecule has 1 aromatic rings. The van der Waals surface area contributed by atoms with Gasteiger partial charge in [-0.1, -0.05) is 19.1 Å². The fourth-order valence-electron chi connectivity index (χ4n) is 2.24. The van der Waals surface area contributed by atoms with E-state index in [2.05, 4.69) is 22.0 Å². The highest BCUT2D eigenvalue weighted by Crippen LogP contribution is 2.29. The molecular weight excluding hydrogens is 288 g/mol. The van der Waals surface area contributed by atoms with E-state index >= 15 is 0 Å². The average molecular weight is 311 g/mol. The summed E-state index contributed by atoms with van der Waals surface area (Å²) in [6.07, 6.45) is 1.18. The van der Waals surface area contributed by atoms with E-state index < -0.39 is 6.61 Å². The van der Waals surface area contributed by atoms with Crippen LogP contribution >= 0.6 is 0 Å². The van der Waals surface area contributed by atoms with Crippen molar-refractivity contribution in [2.24, 2.45) is 10.9 Å². The Morgan fingerprint density at radius 1 is 1.41 bits per heavy atom. The highest BCUT2D eigenvalue weighted by molar-refractivity contribution is 5.80. The minimum absolute atomic E-state index is 0.175. The van der Waals surface area contributed by atoms with Gasteiger partial charge in [0.05, 0.1) is 0 Å². The van der Waals surface area contributed by atoms with Crippen molar-refractivity contribution in [3.8, 4) is 5.75 Å². The molecule has 0 amide bonds. The van der Waals surface area contributed by atoms with Crippen LogP contribution in [0.1, 0.15) is 25.8 Å². The minimum Gasteiger partial charge on any atom is -0.435 e. The van der Waals surface area contributed by atoms with Gasteiger partial charge in [-0.3, -0.25) is 4.99 Å². The van der Waals surface area contributed by atoms with Gasteiger partial charge in [0.1, 0.15) is 5.75 Å². The van der Waals surface area contributed by atoms with Crippen molar-refractivity contribution in [1.82, 2.24) is 10.2 Å². The number of ether oxygens (including phenoxy) is 1. The Labute approximate surface area is 130 Å². The molecule has 0 aromatic heterocycles. The molecule has 0 radical (unpaired) electrons. The lowest BCUT2D eigenvalue weighted by Gasteiger charge is -2.22. The van der Waals surface area contributed by atoms with Gasteiger partial charge in [0, 0.05) is 26.2 Å². The van der Waals surface area contributed by atoms with Gasteiger partial charge < -0.3 is 15.0 Å². The fraction of sp³-hybridized carbons (Fsp3) is 0.562. The first-order chi connectivity index (χ1) is 10.5. The summed E-state index contributed by atoms with van der Waals surface area (Å²) < 4.78 is 28.6. The zero-order valence-corrected chi connectivity index (χ0v) is 13.2. The first-order valence-corrected chi connectivity index (χ1v) is 7.55. The third-order valence-corrected chi connectivity index (χ3v) is 3.66. The SMILES string of the molecule is CCN=C(NC1CC1C)N(C)Cc1ccc(OC(F)F)cc1. The Balaban J connectivity index is 1.93. The van der Waals surface area contributed by atoms with Crippen LogP contribution in [-0.4, -0.2) is 37.1 Å². The number of hydrogen-bond donors (Lipinski definition) is 1. The van der Waals surface area contributed by atoms with Crippen molar-refractivity contribution < 1.29 is 13.5 Å². The van der Waals surface area contributed by atoms with E-state index in [9.17, 15) is 8.78 Å². The lowest BCUT2D eigenvalue weighted by atomic mass is 10.2. The van der Waals surface area contributed by atoms with E-state index in [1.165, 1.54) is 6.42 Å². The smallest absolute Gasteiger partial charge is 0.387 e. The van der Waals surface area contributed by atoms with Crippen molar-refractivity contribution >= 4 is 5.96 Å². The molecule has 22 heavy (non-hydrogen) atoms. The Kier molecular flexibility index (Phi) is 5.57. The standard InChI is InChI=1S/C16H23F2N3O/c1-4-19-16(20-14-9-11(14)2)21(3)10-12-5-7-13(8-6-12)22-15(17)18/h5-8,11,14-15H,4,9-10H2,1-3H3,(H,19,20). The number of nitrogens with one attached hydrogen (secondary N) is 1. The van der Waals surface area contributed by atoms with Crippen LogP contribution in [-0.2, 0) is 6.54 Å². The van der Waals surface area contributed by atoms with Crippen LogP contribution in [0.5, 0.6) is 5.75 Å². The van der Waals surface area contributed by atoms with Crippen molar-refractivity contribution in [1.29, 1.82) is 0 Å². The average Bonchev–Trinajstić information content (AvgIpc) is 3.15. The second kappa shape index (κ2) is 7.42. The van der Waals surface area contributed by atoms with Crippen LogP contribution in [0.3, 0.4) is 0 Å². The zero-order chi connectivity index (χ0) is 16.1. The lowest BCUT2D eigenvalue weighted by molar-refractivity contribution is -0.0498. The van der Waals surface area contributed by atoms with E-state index in [1.54, 1.807) is 24.3 Å². The maximum absolute atomic E-state index is 12.1. The van der Waals surface area contributed by atoms with Crippen molar-refractivity contribution in [3.63, 3.8) is 0 Å². The number of hydrogen-bond acceptors (Lipinski definition) is 2. The lowest BCUT2D eigenvalue weighted by Crippen LogP contribution is -2.40.